The van der Waals surface area contributed by atoms with Crippen LogP contribution in [0, 0.1) is 5.82 Å². The standard InChI is InChI=1S/C20H19F2N5O/c21-16-6-15(8-24-10-16)12-1-2-13-9-25-19(7-14(13)5-12)26-20(28)27-4-3-18(23)17(22)11-27/h1-2,5-10,17-18H,3-4,11,23H2,(H,25,26,28)/t17-,18-/m0/s1. The molecule has 1 fully saturated rings. The van der Waals surface area contributed by atoms with Crippen LogP contribution in [0.2, 0.25) is 0 Å². The second-order valence-electron chi connectivity index (χ2n) is 6.87. The van der Waals surface area contributed by atoms with Crippen LogP contribution < -0.4 is 11.1 Å². The number of urea groups is 1. The molecule has 1 aliphatic heterocycles. The lowest BCUT2D eigenvalue weighted by atomic mass is 10.0. The molecule has 0 bridgehead atoms. The Hall–Kier alpha value is -3.13. The number of fused-ring (bicyclic) bond motifs is 1. The van der Waals surface area contributed by atoms with Crippen LogP contribution in [0.5, 0.6) is 0 Å². The molecule has 1 aromatic carbocycles. The Morgan fingerprint density at radius 3 is 2.79 bits per heavy atom. The largest absolute Gasteiger partial charge is 0.325 e. The first-order valence-corrected chi connectivity index (χ1v) is 8.96. The zero-order valence-corrected chi connectivity index (χ0v) is 15.0. The third-order valence-electron chi connectivity index (χ3n) is 4.87. The predicted molar refractivity (Wildman–Crippen MR) is 103 cm³/mol. The second kappa shape index (κ2) is 7.47. The van der Waals surface area contributed by atoms with Gasteiger partial charge in [-0.05, 0) is 35.6 Å². The molecular formula is C20H19F2N5O. The molecule has 3 N–H and O–H groups in total. The van der Waals surface area contributed by atoms with Gasteiger partial charge in [0.05, 0.1) is 12.7 Å². The van der Waals surface area contributed by atoms with Crippen molar-refractivity contribution in [2.24, 2.45) is 5.73 Å². The van der Waals surface area contributed by atoms with Crippen molar-refractivity contribution < 1.29 is 13.6 Å². The monoisotopic (exact) mass is 383 g/mol. The summed E-state index contributed by atoms with van der Waals surface area (Å²) in [6, 6.07) is 7.80. The first kappa shape index (κ1) is 18.2. The van der Waals surface area contributed by atoms with Crippen LogP contribution in [0.25, 0.3) is 21.9 Å². The van der Waals surface area contributed by atoms with Gasteiger partial charge in [-0.1, -0.05) is 12.1 Å². The van der Waals surface area contributed by atoms with E-state index < -0.39 is 24.1 Å². The number of nitrogens with zero attached hydrogens (tertiary/aromatic N) is 3. The molecule has 28 heavy (non-hydrogen) atoms. The molecule has 3 heterocycles. The van der Waals surface area contributed by atoms with Gasteiger partial charge < -0.3 is 10.6 Å². The lowest BCUT2D eigenvalue weighted by Gasteiger charge is -2.32. The average Bonchev–Trinajstić information content (AvgIpc) is 2.69. The molecule has 1 aliphatic rings. The number of amides is 2. The lowest BCUT2D eigenvalue weighted by Crippen LogP contribution is -2.51. The number of likely N-dealkylation sites (tertiary alicyclic amines) is 1. The van der Waals surface area contributed by atoms with Crippen LogP contribution in [-0.4, -0.2) is 46.2 Å². The third kappa shape index (κ3) is 3.77. The van der Waals surface area contributed by atoms with Crippen molar-refractivity contribution in [3.8, 4) is 11.1 Å². The van der Waals surface area contributed by atoms with E-state index in [2.05, 4.69) is 15.3 Å². The number of benzene rings is 1. The number of aromatic nitrogens is 2. The molecule has 6 nitrogen and oxygen atoms in total. The van der Waals surface area contributed by atoms with Crippen molar-refractivity contribution in [3.05, 3.63) is 54.7 Å². The summed E-state index contributed by atoms with van der Waals surface area (Å²) in [6.07, 6.45) is 3.57. The smallest absolute Gasteiger partial charge is 0.323 e. The zero-order chi connectivity index (χ0) is 19.7. The van der Waals surface area contributed by atoms with Crippen molar-refractivity contribution >= 4 is 22.6 Å². The maximum Gasteiger partial charge on any atom is 0.323 e. The lowest BCUT2D eigenvalue weighted by molar-refractivity contribution is 0.137. The van der Waals surface area contributed by atoms with Gasteiger partial charge in [0, 0.05) is 35.9 Å². The number of carbonyl (C=O) groups excluding carboxylic acids is 1. The number of nitrogens with one attached hydrogen (secondary N) is 1. The SMILES string of the molecule is N[C@H]1CCN(C(=O)Nc2cc3cc(-c4cncc(F)c4)ccc3cn2)C[C@@H]1F. The fourth-order valence-electron chi connectivity index (χ4n) is 3.25. The highest BCUT2D eigenvalue weighted by atomic mass is 19.1. The molecule has 0 spiro atoms. The van der Waals surface area contributed by atoms with Gasteiger partial charge in [-0.3, -0.25) is 10.3 Å². The van der Waals surface area contributed by atoms with Crippen molar-refractivity contribution in [2.45, 2.75) is 18.6 Å². The molecule has 2 atom stereocenters. The van der Waals surface area contributed by atoms with Gasteiger partial charge >= 0.3 is 6.03 Å². The summed E-state index contributed by atoms with van der Waals surface area (Å²) >= 11 is 0. The van der Waals surface area contributed by atoms with Crippen molar-refractivity contribution in [1.82, 2.24) is 14.9 Å². The van der Waals surface area contributed by atoms with Crippen LogP contribution in [0.4, 0.5) is 19.4 Å². The summed E-state index contributed by atoms with van der Waals surface area (Å²) in [5.41, 5.74) is 7.11. The summed E-state index contributed by atoms with van der Waals surface area (Å²) in [4.78, 5) is 21.9. The van der Waals surface area contributed by atoms with Crippen LogP contribution in [-0.2, 0) is 0 Å². The van der Waals surface area contributed by atoms with Crippen LogP contribution in [0.15, 0.2) is 48.9 Å². The Morgan fingerprint density at radius 2 is 2.00 bits per heavy atom. The molecule has 2 amide bonds. The number of hydrogen-bond donors (Lipinski definition) is 2. The van der Waals surface area contributed by atoms with Crippen LogP contribution in [0.1, 0.15) is 6.42 Å². The minimum atomic E-state index is -1.23. The first-order valence-electron chi connectivity index (χ1n) is 8.96. The minimum absolute atomic E-state index is 0.0305. The van der Waals surface area contributed by atoms with E-state index in [1.165, 1.54) is 11.0 Å². The molecule has 144 valence electrons. The maximum absolute atomic E-state index is 13.8. The van der Waals surface area contributed by atoms with Crippen molar-refractivity contribution in [2.75, 3.05) is 18.4 Å². The van der Waals surface area contributed by atoms with E-state index in [9.17, 15) is 13.6 Å². The summed E-state index contributed by atoms with van der Waals surface area (Å²) in [5, 5.41) is 4.41. The number of anilines is 1. The van der Waals surface area contributed by atoms with Crippen LogP contribution in [0.3, 0.4) is 0 Å². The van der Waals surface area contributed by atoms with E-state index in [0.717, 1.165) is 22.5 Å². The number of piperidine rings is 1. The summed E-state index contributed by atoms with van der Waals surface area (Å²) in [5.74, 6) is -0.0509. The van der Waals surface area contributed by atoms with Gasteiger partial charge in [0.1, 0.15) is 17.8 Å². The minimum Gasteiger partial charge on any atom is -0.325 e. The number of nitrogens with two attached hydrogens (primary N) is 1. The Labute approximate surface area is 160 Å². The molecular weight excluding hydrogens is 364 g/mol. The number of rotatable bonds is 2. The predicted octanol–water partition coefficient (Wildman–Crippen LogP) is 3.34. The van der Waals surface area contributed by atoms with E-state index in [0.29, 0.717) is 24.3 Å². The maximum atomic E-state index is 13.8. The van der Waals surface area contributed by atoms with E-state index in [4.69, 9.17) is 5.73 Å². The van der Waals surface area contributed by atoms with Gasteiger partial charge in [-0.25, -0.2) is 18.6 Å². The molecule has 2 aromatic heterocycles. The Balaban J connectivity index is 1.56. The van der Waals surface area contributed by atoms with Gasteiger partial charge in [0.25, 0.3) is 0 Å². The van der Waals surface area contributed by atoms with E-state index in [1.807, 2.05) is 18.2 Å². The molecule has 3 aromatic rings. The number of carbonyl (C=O) groups is 1. The summed E-state index contributed by atoms with van der Waals surface area (Å²) in [6.45, 7) is 0.370. The van der Waals surface area contributed by atoms with Crippen molar-refractivity contribution in [1.29, 1.82) is 0 Å². The van der Waals surface area contributed by atoms with E-state index >= 15 is 0 Å². The normalized spacial score (nSPS) is 19.6. The van der Waals surface area contributed by atoms with Gasteiger partial charge in [0.15, 0.2) is 0 Å². The Bertz CT molecular complexity index is 1030. The number of hydrogen-bond acceptors (Lipinski definition) is 4. The molecule has 4 rings (SSSR count). The molecule has 0 aliphatic carbocycles. The molecule has 0 saturated carbocycles. The molecule has 0 unspecified atom stereocenters. The summed E-state index contributed by atoms with van der Waals surface area (Å²) < 4.78 is 27.2. The fourth-order valence-corrected chi connectivity index (χ4v) is 3.25. The topological polar surface area (TPSA) is 84.1 Å². The van der Waals surface area contributed by atoms with E-state index in [1.54, 1.807) is 18.5 Å². The molecule has 0 radical (unpaired) electrons. The zero-order valence-electron chi connectivity index (χ0n) is 15.0. The van der Waals surface area contributed by atoms with Crippen molar-refractivity contribution in [3.63, 3.8) is 0 Å². The second-order valence-corrected chi connectivity index (χ2v) is 6.87. The fraction of sp³-hybridized carbons (Fsp3) is 0.250. The number of alkyl halides is 1. The average molecular weight is 383 g/mol. The Morgan fingerprint density at radius 1 is 1.14 bits per heavy atom. The van der Waals surface area contributed by atoms with Crippen LogP contribution >= 0.6 is 0 Å². The number of pyridine rings is 2. The highest BCUT2D eigenvalue weighted by molar-refractivity contribution is 5.93. The Kier molecular flexibility index (Phi) is 4.87. The highest BCUT2D eigenvalue weighted by Crippen LogP contribution is 2.25. The number of halogens is 2. The highest BCUT2D eigenvalue weighted by Gasteiger charge is 2.29. The molecule has 8 heteroatoms. The van der Waals surface area contributed by atoms with Gasteiger partial charge in [-0.15, -0.1) is 0 Å². The molecule has 1 saturated heterocycles. The van der Waals surface area contributed by atoms with Gasteiger partial charge in [-0.2, -0.15) is 0 Å². The van der Waals surface area contributed by atoms with Gasteiger partial charge in [0.2, 0.25) is 0 Å². The third-order valence-corrected chi connectivity index (χ3v) is 4.87. The van der Waals surface area contributed by atoms with E-state index in [-0.39, 0.29) is 6.54 Å². The first-order chi connectivity index (χ1) is 13.5. The summed E-state index contributed by atoms with van der Waals surface area (Å²) in [7, 11) is 0. The quantitative estimate of drug-likeness (QED) is 0.711.